The molecule has 3 heterocycles. The van der Waals surface area contributed by atoms with Gasteiger partial charge in [0.15, 0.2) is 5.65 Å². The normalized spacial score (nSPS) is 11.3. The minimum Gasteiger partial charge on any atom is -0.292 e. The third kappa shape index (κ3) is 2.87. The second-order valence-corrected chi connectivity index (χ2v) is 7.24. The summed E-state index contributed by atoms with van der Waals surface area (Å²) in [4.78, 5) is 21.7. The summed E-state index contributed by atoms with van der Waals surface area (Å²) in [5.41, 5.74) is 4.53. The minimum atomic E-state index is -0.105. The number of hydrogen-bond donors (Lipinski definition) is 0. The zero-order chi connectivity index (χ0) is 17.6. The zero-order valence-corrected chi connectivity index (χ0v) is 15.0. The van der Waals surface area contributed by atoms with E-state index in [1.54, 1.807) is 33.1 Å². The Balaban J connectivity index is 1.80. The summed E-state index contributed by atoms with van der Waals surface area (Å²) in [6.07, 6.45) is 3.16. The van der Waals surface area contributed by atoms with Crippen molar-refractivity contribution >= 4 is 22.4 Å². The van der Waals surface area contributed by atoms with Gasteiger partial charge in [0.2, 0.25) is 0 Å². The van der Waals surface area contributed by atoms with Crippen molar-refractivity contribution in [1.82, 2.24) is 24.3 Å². The molecular weight excluding hydrogens is 334 g/mol. The molecule has 0 saturated carbocycles. The molecule has 7 heteroatoms. The van der Waals surface area contributed by atoms with Crippen LogP contribution in [0.3, 0.4) is 0 Å². The van der Waals surface area contributed by atoms with Crippen molar-refractivity contribution in [3.63, 3.8) is 0 Å². The zero-order valence-electron chi connectivity index (χ0n) is 14.2. The lowest BCUT2D eigenvalue weighted by Crippen LogP contribution is -2.21. The third-order valence-electron chi connectivity index (χ3n) is 4.00. The van der Waals surface area contributed by atoms with E-state index in [2.05, 4.69) is 21.1 Å². The number of benzene rings is 1. The van der Waals surface area contributed by atoms with Gasteiger partial charge in [-0.3, -0.25) is 9.36 Å². The van der Waals surface area contributed by atoms with E-state index in [0.29, 0.717) is 17.6 Å². The van der Waals surface area contributed by atoms with E-state index in [4.69, 9.17) is 0 Å². The van der Waals surface area contributed by atoms with Gasteiger partial charge in [-0.25, -0.2) is 14.6 Å². The van der Waals surface area contributed by atoms with Gasteiger partial charge in [-0.2, -0.15) is 5.10 Å². The molecule has 0 unspecified atom stereocenters. The quantitative estimate of drug-likeness (QED) is 0.569. The SMILES string of the molecule is Cc1cc(C)cc(-n2ncc3c(=O)n(Cc4csc(C)n4)cnc32)c1. The maximum atomic E-state index is 12.8. The standard InChI is InChI=1S/C18H17N5OS/c1-11-4-12(2)6-15(5-11)23-17-16(7-20-23)18(24)22(10-19-17)8-14-9-25-13(3)21-14/h4-7,9-10H,8H2,1-3H3. The largest absolute Gasteiger partial charge is 0.292 e. The van der Waals surface area contributed by atoms with Gasteiger partial charge < -0.3 is 0 Å². The van der Waals surface area contributed by atoms with Crippen LogP contribution in [-0.4, -0.2) is 24.3 Å². The van der Waals surface area contributed by atoms with E-state index >= 15 is 0 Å². The van der Waals surface area contributed by atoms with E-state index in [1.807, 2.05) is 38.3 Å². The van der Waals surface area contributed by atoms with Crippen LogP contribution < -0.4 is 5.56 Å². The van der Waals surface area contributed by atoms with Crippen LogP contribution in [0, 0.1) is 20.8 Å². The smallest absolute Gasteiger partial charge is 0.264 e. The first-order valence-corrected chi connectivity index (χ1v) is 8.82. The Kier molecular flexibility index (Phi) is 3.73. The van der Waals surface area contributed by atoms with Crippen LogP contribution in [0.1, 0.15) is 21.8 Å². The molecule has 6 nitrogen and oxygen atoms in total. The van der Waals surface area contributed by atoms with Crippen molar-refractivity contribution in [2.24, 2.45) is 0 Å². The predicted octanol–water partition coefficient (Wildman–Crippen LogP) is 3.01. The summed E-state index contributed by atoms with van der Waals surface area (Å²) in [6.45, 7) is 6.45. The highest BCUT2D eigenvalue weighted by Gasteiger charge is 2.12. The van der Waals surface area contributed by atoms with Crippen molar-refractivity contribution < 1.29 is 0 Å². The molecule has 25 heavy (non-hydrogen) atoms. The van der Waals surface area contributed by atoms with Gasteiger partial charge in [-0.15, -0.1) is 11.3 Å². The lowest BCUT2D eigenvalue weighted by atomic mass is 10.1. The van der Waals surface area contributed by atoms with E-state index in [9.17, 15) is 4.79 Å². The lowest BCUT2D eigenvalue weighted by molar-refractivity contribution is 0.730. The van der Waals surface area contributed by atoms with Gasteiger partial charge in [0, 0.05) is 5.38 Å². The molecule has 1 aromatic carbocycles. The number of hydrogen-bond acceptors (Lipinski definition) is 5. The summed E-state index contributed by atoms with van der Waals surface area (Å²) in [5.74, 6) is 0. The van der Waals surface area contributed by atoms with Gasteiger partial charge in [-0.05, 0) is 44.0 Å². The Morgan fingerprint density at radius 3 is 2.56 bits per heavy atom. The molecule has 3 aromatic heterocycles. The van der Waals surface area contributed by atoms with Crippen molar-refractivity contribution in [1.29, 1.82) is 0 Å². The molecule has 0 bridgehead atoms. The van der Waals surface area contributed by atoms with Crippen molar-refractivity contribution in [3.05, 3.63) is 68.3 Å². The van der Waals surface area contributed by atoms with Crippen molar-refractivity contribution in [2.75, 3.05) is 0 Å². The summed E-state index contributed by atoms with van der Waals surface area (Å²) in [6, 6.07) is 6.17. The maximum Gasteiger partial charge on any atom is 0.264 e. The molecule has 126 valence electrons. The number of nitrogens with zero attached hydrogens (tertiary/aromatic N) is 5. The van der Waals surface area contributed by atoms with Gasteiger partial charge >= 0.3 is 0 Å². The molecule has 0 amide bonds. The fraction of sp³-hybridized carbons (Fsp3) is 0.222. The first-order chi connectivity index (χ1) is 12.0. The van der Waals surface area contributed by atoms with E-state index in [-0.39, 0.29) is 5.56 Å². The Labute approximate surface area is 148 Å². The first-order valence-electron chi connectivity index (χ1n) is 7.94. The monoisotopic (exact) mass is 351 g/mol. The van der Waals surface area contributed by atoms with Crippen LogP contribution in [-0.2, 0) is 6.54 Å². The fourth-order valence-corrected chi connectivity index (χ4v) is 3.58. The summed E-state index contributed by atoms with van der Waals surface area (Å²) >= 11 is 1.57. The topological polar surface area (TPSA) is 65.6 Å². The van der Waals surface area contributed by atoms with Crippen LogP contribution >= 0.6 is 11.3 Å². The molecule has 0 N–H and O–H groups in total. The fourth-order valence-electron chi connectivity index (χ4n) is 2.98. The van der Waals surface area contributed by atoms with Gasteiger partial charge in [-0.1, -0.05) is 6.07 Å². The van der Waals surface area contributed by atoms with E-state index < -0.39 is 0 Å². The molecular formula is C18H17N5OS. The molecule has 0 spiro atoms. The summed E-state index contributed by atoms with van der Waals surface area (Å²) in [7, 11) is 0. The van der Waals surface area contributed by atoms with Crippen molar-refractivity contribution in [3.8, 4) is 5.69 Å². The van der Waals surface area contributed by atoms with Crippen molar-refractivity contribution in [2.45, 2.75) is 27.3 Å². The summed E-state index contributed by atoms with van der Waals surface area (Å²) < 4.78 is 3.29. The highest BCUT2D eigenvalue weighted by molar-refractivity contribution is 7.09. The number of thiazole rings is 1. The Morgan fingerprint density at radius 2 is 1.88 bits per heavy atom. The molecule has 0 aliphatic heterocycles. The molecule has 0 aliphatic rings. The summed E-state index contributed by atoms with van der Waals surface area (Å²) in [5, 5.41) is 7.85. The van der Waals surface area contributed by atoms with Crippen LogP contribution in [0.5, 0.6) is 0 Å². The molecule has 0 radical (unpaired) electrons. The Hall–Kier alpha value is -2.80. The van der Waals surface area contributed by atoms with Crippen LogP contribution in [0.4, 0.5) is 0 Å². The number of aromatic nitrogens is 5. The number of aryl methyl sites for hydroxylation is 3. The second kappa shape index (κ2) is 5.93. The number of fused-ring (bicyclic) bond motifs is 1. The van der Waals surface area contributed by atoms with E-state index in [0.717, 1.165) is 27.5 Å². The molecule has 4 rings (SSSR count). The van der Waals surface area contributed by atoms with Gasteiger partial charge in [0.25, 0.3) is 5.56 Å². The maximum absolute atomic E-state index is 12.8. The van der Waals surface area contributed by atoms with E-state index in [1.165, 1.54) is 0 Å². The third-order valence-corrected chi connectivity index (χ3v) is 4.83. The molecule has 0 fully saturated rings. The van der Waals surface area contributed by atoms with Crippen LogP contribution in [0.25, 0.3) is 16.7 Å². The van der Waals surface area contributed by atoms with Crippen LogP contribution in [0.15, 0.2) is 40.9 Å². The van der Waals surface area contributed by atoms with Gasteiger partial charge in [0.1, 0.15) is 11.7 Å². The Bertz CT molecular complexity index is 1120. The molecule has 0 aliphatic carbocycles. The number of rotatable bonds is 3. The highest BCUT2D eigenvalue weighted by atomic mass is 32.1. The molecule has 0 atom stereocenters. The average Bonchev–Trinajstić information content (AvgIpc) is 3.16. The minimum absolute atomic E-state index is 0.105. The molecule has 0 saturated heterocycles. The Morgan fingerprint density at radius 1 is 1.12 bits per heavy atom. The average molecular weight is 351 g/mol. The first kappa shape index (κ1) is 15.7. The molecule has 4 aromatic rings. The second-order valence-electron chi connectivity index (χ2n) is 6.18. The van der Waals surface area contributed by atoms with Crippen LogP contribution in [0.2, 0.25) is 0 Å². The predicted molar refractivity (Wildman–Crippen MR) is 98.6 cm³/mol. The highest BCUT2D eigenvalue weighted by Crippen LogP contribution is 2.17. The lowest BCUT2D eigenvalue weighted by Gasteiger charge is -2.07. The van der Waals surface area contributed by atoms with Gasteiger partial charge in [0.05, 0.1) is 29.1 Å².